The molecule has 0 saturated heterocycles. The van der Waals surface area contributed by atoms with Crippen molar-refractivity contribution in [3.63, 3.8) is 0 Å². The van der Waals surface area contributed by atoms with Crippen LogP contribution < -0.4 is 10.6 Å². The zero-order chi connectivity index (χ0) is 19.4. The lowest BCUT2D eigenvalue weighted by Crippen LogP contribution is -2.42. The summed E-state index contributed by atoms with van der Waals surface area (Å²) in [4.78, 5) is 23.9. The van der Waals surface area contributed by atoms with Crippen LogP contribution in [0.2, 0.25) is 0 Å². The van der Waals surface area contributed by atoms with Crippen LogP contribution in [-0.2, 0) is 26.0 Å². The smallest absolute Gasteiger partial charge is 0.243 e. The van der Waals surface area contributed by atoms with Crippen molar-refractivity contribution in [3.8, 4) is 0 Å². The SMILES string of the molecule is CN(CC(=O)NC1CCCCCC1)S(=O)(=O)c1ccc2c(c1)CCC(=O)N2. The fourth-order valence-corrected chi connectivity index (χ4v) is 4.86. The summed E-state index contributed by atoms with van der Waals surface area (Å²) in [5, 5.41) is 5.71. The molecule has 1 aliphatic heterocycles. The Kier molecular flexibility index (Phi) is 6.16. The van der Waals surface area contributed by atoms with Gasteiger partial charge in [0.1, 0.15) is 0 Å². The molecule has 148 valence electrons. The summed E-state index contributed by atoms with van der Waals surface area (Å²) in [6.45, 7) is -0.202. The highest BCUT2D eigenvalue weighted by Crippen LogP contribution is 2.26. The molecule has 0 spiro atoms. The van der Waals surface area contributed by atoms with Crippen LogP contribution in [0.5, 0.6) is 0 Å². The van der Waals surface area contributed by atoms with Crippen molar-refractivity contribution < 1.29 is 18.0 Å². The molecule has 0 aromatic heterocycles. The third-order valence-corrected chi connectivity index (χ3v) is 7.07. The number of nitrogens with one attached hydrogen (secondary N) is 2. The topological polar surface area (TPSA) is 95.6 Å². The minimum absolute atomic E-state index is 0.0644. The van der Waals surface area contributed by atoms with Gasteiger partial charge in [0.25, 0.3) is 0 Å². The van der Waals surface area contributed by atoms with Crippen molar-refractivity contribution in [2.24, 2.45) is 0 Å². The molecular formula is C19H27N3O4S. The van der Waals surface area contributed by atoms with Crippen molar-refractivity contribution in [3.05, 3.63) is 23.8 Å². The van der Waals surface area contributed by atoms with Gasteiger partial charge in [-0.25, -0.2) is 8.42 Å². The largest absolute Gasteiger partial charge is 0.352 e. The number of anilines is 1. The molecule has 1 fully saturated rings. The Morgan fingerprint density at radius 1 is 1.19 bits per heavy atom. The van der Waals surface area contributed by atoms with Crippen molar-refractivity contribution in [1.29, 1.82) is 0 Å². The number of hydrogen-bond donors (Lipinski definition) is 2. The number of rotatable bonds is 5. The zero-order valence-electron chi connectivity index (χ0n) is 15.7. The van der Waals surface area contributed by atoms with Gasteiger partial charge in [-0.05, 0) is 43.0 Å². The van der Waals surface area contributed by atoms with E-state index in [1.807, 2.05) is 0 Å². The molecule has 1 aliphatic carbocycles. The predicted molar refractivity (Wildman–Crippen MR) is 103 cm³/mol. The van der Waals surface area contributed by atoms with E-state index in [-0.39, 0.29) is 29.3 Å². The molecule has 0 radical (unpaired) electrons. The molecule has 2 amide bonds. The van der Waals surface area contributed by atoms with E-state index in [4.69, 9.17) is 0 Å². The van der Waals surface area contributed by atoms with Gasteiger partial charge in [0.05, 0.1) is 11.4 Å². The van der Waals surface area contributed by atoms with E-state index in [0.717, 1.165) is 35.6 Å². The highest BCUT2D eigenvalue weighted by molar-refractivity contribution is 7.89. The van der Waals surface area contributed by atoms with E-state index in [1.165, 1.54) is 26.0 Å². The van der Waals surface area contributed by atoms with Crippen LogP contribution in [0.4, 0.5) is 5.69 Å². The van der Waals surface area contributed by atoms with Crippen molar-refractivity contribution >= 4 is 27.5 Å². The standard InChI is InChI=1S/C19H27N3O4S/c1-22(13-19(24)20-15-6-4-2-3-5-7-15)27(25,26)16-9-10-17-14(12-16)8-11-18(23)21-17/h9-10,12,15H,2-8,11,13H2,1H3,(H,20,24)(H,21,23). The van der Waals surface area contributed by atoms with Gasteiger partial charge in [-0.1, -0.05) is 25.7 Å². The minimum Gasteiger partial charge on any atom is -0.352 e. The first-order valence-corrected chi connectivity index (χ1v) is 11.0. The lowest BCUT2D eigenvalue weighted by Gasteiger charge is -2.22. The Hall–Kier alpha value is -1.93. The van der Waals surface area contributed by atoms with Crippen molar-refractivity contribution in [2.75, 3.05) is 18.9 Å². The summed E-state index contributed by atoms with van der Waals surface area (Å²) in [5.74, 6) is -0.330. The maximum absolute atomic E-state index is 12.8. The van der Waals surface area contributed by atoms with Gasteiger partial charge in [0, 0.05) is 25.2 Å². The molecule has 0 unspecified atom stereocenters. The van der Waals surface area contributed by atoms with Gasteiger partial charge in [-0.3, -0.25) is 9.59 Å². The average molecular weight is 394 g/mol. The van der Waals surface area contributed by atoms with Crippen LogP contribution in [0, 0.1) is 0 Å². The van der Waals surface area contributed by atoms with Crippen LogP contribution in [0.25, 0.3) is 0 Å². The number of benzene rings is 1. The van der Waals surface area contributed by atoms with Crippen molar-refractivity contribution in [2.45, 2.75) is 62.3 Å². The van der Waals surface area contributed by atoms with Gasteiger partial charge in [-0.2, -0.15) is 4.31 Å². The summed E-state index contributed by atoms with van der Waals surface area (Å²) < 4.78 is 26.7. The summed E-state index contributed by atoms with van der Waals surface area (Å²) in [6, 6.07) is 4.81. The van der Waals surface area contributed by atoms with E-state index >= 15 is 0 Å². The minimum atomic E-state index is -3.77. The second-order valence-electron chi connectivity index (χ2n) is 7.38. The van der Waals surface area contributed by atoms with Gasteiger partial charge < -0.3 is 10.6 Å². The molecule has 1 saturated carbocycles. The number of sulfonamides is 1. The van der Waals surface area contributed by atoms with Crippen LogP contribution >= 0.6 is 0 Å². The van der Waals surface area contributed by atoms with E-state index in [0.29, 0.717) is 18.5 Å². The number of carbonyl (C=O) groups is 2. The normalized spacial score (nSPS) is 18.5. The van der Waals surface area contributed by atoms with Gasteiger partial charge in [-0.15, -0.1) is 0 Å². The highest BCUT2D eigenvalue weighted by atomic mass is 32.2. The molecule has 8 heteroatoms. The molecule has 1 aromatic carbocycles. The average Bonchev–Trinajstić information content (AvgIpc) is 2.89. The molecule has 7 nitrogen and oxygen atoms in total. The Morgan fingerprint density at radius 3 is 2.59 bits per heavy atom. The molecule has 3 rings (SSSR count). The van der Waals surface area contributed by atoms with E-state index in [1.54, 1.807) is 12.1 Å². The number of carbonyl (C=O) groups excluding carboxylic acids is 2. The van der Waals surface area contributed by atoms with Crippen molar-refractivity contribution in [1.82, 2.24) is 9.62 Å². The first-order chi connectivity index (χ1) is 12.9. The van der Waals surface area contributed by atoms with Crippen LogP contribution in [0.15, 0.2) is 23.1 Å². The second kappa shape index (κ2) is 8.39. The van der Waals surface area contributed by atoms with E-state index in [2.05, 4.69) is 10.6 Å². The highest BCUT2D eigenvalue weighted by Gasteiger charge is 2.26. The lowest BCUT2D eigenvalue weighted by atomic mass is 10.0. The van der Waals surface area contributed by atoms with Gasteiger partial charge >= 0.3 is 0 Å². The summed E-state index contributed by atoms with van der Waals surface area (Å²) in [7, 11) is -2.35. The Morgan fingerprint density at radius 2 is 1.89 bits per heavy atom. The predicted octanol–water partition coefficient (Wildman–Crippen LogP) is 2.03. The third-order valence-electron chi connectivity index (χ3n) is 5.27. The first kappa shape index (κ1) is 19.8. The summed E-state index contributed by atoms with van der Waals surface area (Å²) in [6.07, 6.45) is 7.36. The molecule has 2 aliphatic rings. The molecule has 27 heavy (non-hydrogen) atoms. The van der Waals surface area contributed by atoms with Gasteiger partial charge in [0.15, 0.2) is 0 Å². The number of hydrogen-bond acceptors (Lipinski definition) is 4. The first-order valence-electron chi connectivity index (χ1n) is 9.55. The van der Waals surface area contributed by atoms with Crippen LogP contribution in [0.3, 0.4) is 0 Å². The van der Waals surface area contributed by atoms with E-state index in [9.17, 15) is 18.0 Å². The Balaban J connectivity index is 1.65. The molecule has 1 heterocycles. The molecule has 0 bridgehead atoms. The summed E-state index contributed by atoms with van der Waals surface area (Å²) in [5.41, 5.74) is 1.45. The maximum Gasteiger partial charge on any atom is 0.243 e. The van der Waals surface area contributed by atoms with Gasteiger partial charge in [0.2, 0.25) is 21.8 Å². The number of nitrogens with zero attached hydrogens (tertiary/aromatic N) is 1. The molecule has 1 aromatic rings. The van der Waals surface area contributed by atoms with E-state index < -0.39 is 10.0 Å². The van der Waals surface area contributed by atoms with Crippen LogP contribution in [-0.4, -0.2) is 44.2 Å². The van der Waals surface area contributed by atoms with Crippen LogP contribution in [0.1, 0.15) is 50.5 Å². The Labute approximate surface area is 160 Å². The number of aryl methyl sites for hydroxylation is 1. The number of amides is 2. The maximum atomic E-state index is 12.8. The molecule has 0 atom stereocenters. The lowest BCUT2D eigenvalue weighted by molar-refractivity contribution is -0.122. The fraction of sp³-hybridized carbons (Fsp3) is 0.579. The Bertz CT molecular complexity index is 814. The molecule has 2 N–H and O–H groups in total. The second-order valence-corrected chi connectivity index (χ2v) is 9.43. The monoisotopic (exact) mass is 393 g/mol. The summed E-state index contributed by atoms with van der Waals surface area (Å²) >= 11 is 0. The fourth-order valence-electron chi connectivity index (χ4n) is 3.68. The quantitative estimate of drug-likeness (QED) is 0.748. The third kappa shape index (κ3) is 4.87. The number of likely N-dealkylation sites (N-methyl/N-ethyl adjacent to an activating group) is 1. The number of fused-ring (bicyclic) bond motifs is 1. The zero-order valence-corrected chi connectivity index (χ0v) is 16.5. The molecular weight excluding hydrogens is 366 g/mol.